The van der Waals surface area contributed by atoms with Crippen LogP contribution in [0.3, 0.4) is 0 Å². The molecule has 0 atom stereocenters. The van der Waals surface area contributed by atoms with E-state index >= 15 is 0 Å². The zero-order chi connectivity index (χ0) is 17.8. The lowest BCUT2D eigenvalue weighted by molar-refractivity contribution is -0.137. The van der Waals surface area contributed by atoms with Gasteiger partial charge in [-0.25, -0.2) is 0 Å². The summed E-state index contributed by atoms with van der Waals surface area (Å²) in [5, 5.41) is 36.2. The second-order valence-electron chi connectivity index (χ2n) is 4.87. The number of alkyl halides is 3. The number of rotatable bonds is 7. The number of hydrogen-bond donors (Lipinski definition) is 4. The van der Waals surface area contributed by atoms with Gasteiger partial charge in [0.25, 0.3) is 0 Å². The highest BCUT2D eigenvalue weighted by atomic mass is 19.4. The van der Waals surface area contributed by atoms with Crippen molar-refractivity contribution >= 4 is 17.1 Å². The Morgan fingerprint density at radius 1 is 0.957 bits per heavy atom. The van der Waals surface area contributed by atoms with Gasteiger partial charge in [0.2, 0.25) is 0 Å². The van der Waals surface area contributed by atoms with Gasteiger partial charge in [-0.3, -0.25) is 20.8 Å². The maximum atomic E-state index is 12.9. The van der Waals surface area contributed by atoms with E-state index in [2.05, 4.69) is 0 Å². The summed E-state index contributed by atoms with van der Waals surface area (Å²) in [6.45, 7) is 4.32. The Bertz CT molecular complexity index is 495. The van der Waals surface area contributed by atoms with E-state index in [1.54, 1.807) is 6.92 Å². The van der Waals surface area contributed by atoms with Crippen molar-refractivity contribution in [2.45, 2.75) is 32.9 Å². The van der Waals surface area contributed by atoms with E-state index in [1.165, 1.54) is 4.90 Å². The fourth-order valence-electron chi connectivity index (χ4n) is 2.17. The summed E-state index contributed by atoms with van der Waals surface area (Å²) in [5.74, 6) is 0. The van der Waals surface area contributed by atoms with E-state index in [0.29, 0.717) is 31.6 Å². The minimum Gasteiger partial charge on any atom is -0.368 e. The van der Waals surface area contributed by atoms with E-state index in [4.69, 9.17) is 0 Å². The molecule has 0 heterocycles. The third-order valence-corrected chi connectivity index (χ3v) is 3.31. The third kappa shape index (κ3) is 4.61. The van der Waals surface area contributed by atoms with Crippen LogP contribution in [-0.4, -0.2) is 33.9 Å². The van der Waals surface area contributed by atoms with Crippen LogP contribution in [0.25, 0.3) is 0 Å². The molecule has 0 bridgehead atoms. The Labute approximate surface area is 131 Å². The van der Waals surface area contributed by atoms with Gasteiger partial charge in [0.15, 0.2) is 0 Å². The van der Waals surface area contributed by atoms with Crippen LogP contribution < -0.4 is 15.4 Å². The predicted octanol–water partition coefficient (Wildman–Crippen LogP) is 3.50. The summed E-state index contributed by atoms with van der Waals surface area (Å²) < 4.78 is 38.7. The Kier molecular flexibility index (Phi) is 6.45. The quantitative estimate of drug-likeness (QED) is 0.565. The van der Waals surface area contributed by atoms with Gasteiger partial charge in [0, 0.05) is 13.1 Å². The number of hydrogen-bond acceptors (Lipinski definition) is 7. The fourth-order valence-corrected chi connectivity index (χ4v) is 2.17. The number of nitrogens with zero attached hydrogens (tertiary/aromatic N) is 3. The van der Waals surface area contributed by atoms with Gasteiger partial charge in [0.05, 0.1) is 11.3 Å². The summed E-state index contributed by atoms with van der Waals surface area (Å²) in [5.41, 5.74) is -2.61. The van der Waals surface area contributed by atoms with Crippen molar-refractivity contribution < 1.29 is 34.0 Å². The summed E-state index contributed by atoms with van der Waals surface area (Å²) in [7, 11) is 0. The van der Waals surface area contributed by atoms with Crippen LogP contribution >= 0.6 is 0 Å². The van der Waals surface area contributed by atoms with Crippen molar-refractivity contribution in [2.24, 2.45) is 0 Å². The number of benzene rings is 1. The van der Waals surface area contributed by atoms with Crippen LogP contribution in [0.4, 0.5) is 30.2 Å². The Morgan fingerprint density at radius 2 is 1.43 bits per heavy atom. The van der Waals surface area contributed by atoms with E-state index in [1.807, 2.05) is 6.92 Å². The van der Waals surface area contributed by atoms with Crippen LogP contribution in [0.5, 0.6) is 0 Å². The number of unbranched alkanes of at least 4 members (excludes halogenated alkanes) is 1. The van der Waals surface area contributed by atoms with Crippen molar-refractivity contribution in [2.75, 3.05) is 28.4 Å². The SMILES string of the molecule is CCCCN(CC)c1c(N(O)O)cc(C(F)(F)F)cc1N(O)O. The predicted molar refractivity (Wildman–Crippen MR) is 76.3 cm³/mol. The topological polar surface area (TPSA) is 90.6 Å². The van der Waals surface area contributed by atoms with Crippen LogP contribution in [0.1, 0.15) is 32.3 Å². The molecule has 7 nitrogen and oxygen atoms in total. The highest BCUT2D eigenvalue weighted by molar-refractivity contribution is 5.84. The Hall–Kier alpha value is -1.75. The molecule has 4 N–H and O–H groups in total. The number of anilines is 3. The van der Waals surface area contributed by atoms with Crippen molar-refractivity contribution in [1.29, 1.82) is 0 Å². The van der Waals surface area contributed by atoms with E-state index in [-0.39, 0.29) is 5.69 Å². The molecule has 1 aromatic carbocycles. The van der Waals surface area contributed by atoms with Crippen LogP contribution in [0.2, 0.25) is 0 Å². The van der Waals surface area contributed by atoms with Gasteiger partial charge in [-0.1, -0.05) is 13.3 Å². The zero-order valence-electron chi connectivity index (χ0n) is 12.7. The smallest absolute Gasteiger partial charge is 0.368 e. The van der Waals surface area contributed by atoms with Gasteiger partial charge in [0.1, 0.15) is 11.4 Å². The second kappa shape index (κ2) is 7.68. The Morgan fingerprint density at radius 3 is 1.74 bits per heavy atom. The first-order valence-corrected chi connectivity index (χ1v) is 6.99. The van der Waals surface area contributed by atoms with Crippen molar-refractivity contribution in [3.05, 3.63) is 17.7 Å². The normalized spacial score (nSPS) is 11.5. The molecular weight excluding hydrogens is 319 g/mol. The zero-order valence-corrected chi connectivity index (χ0v) is 12.7. The molecule has 10 heteroatoms. The minimum absolute atomic E-state index is 0.135. The molecule has 23 heavy (non-hydrogen) atoms. The fraction of sp³-hybridized carbons (Fsp3) is 0.538. The maximum absolute atomic E-state index is 12.9. The van der Waals surface area contributed by atoms with Crippen molar-refractivity contribution in [1.82, 2.24) is 0 Å². The average molecular weight is 339 g/mol. The molecule has 0 aliphatic heterocycles. The molecule has 0 unspecified atom stereocenters. The van der Waals surface area contributed by atoms with Gasteiger partial charge in [-0.05, 0) is 25.5 Å². The summed E-state index contributed by atoms with van der Waals surface area (Å²) in [6, 6.07) is 1.05. The summed E-state index contributed by atoms with van der Waals surface area (Å²) in [6.07, 6.45) is -3.32. The standard InChI is InChI=1S/C13H20F3N3O4/c1-3-5-6-17(4-2)12-10(18(20)21)7-9(13(14,15)16)8-11(12)19(22)23/h7-8,20-23H,3-6H2,1-2H3. The van der Waals surface area contributed by atoms with Gasteiger partial charge in [-0.15, -0.1) is 10.5 Å². The van der Waals surface area contributed by atoms with Gasteiger partial charge in [-0.2, -0.15) is 13.2 Å². The molecule has 0 saturated carbocycles. The first kappa shape index (κ1) is 19.3. The molecule has 0 spiro atoms. The molecule has 1 aromatic rings. The average Bonchev–Trinajstić information content (AvgIpc) is 2.46. The molecule has 0 saturated heterocycles. The lowest BCUT2D eigenvalue weighted by Gasteiger charge is -2.30. The van der Waals surface area contributed by atoms with Crippen LogP contribution in [-0.2, 0) is 6.18 Å². The van der Waals surface area contributed by atoms with Crippen molar-refractivity contribution in [3.63, 3.8) is 0 Å². The second-order valence-corrected chi connectivity index (χ2v) is 4.87. The van der Waals surface area contributed by atoms with E-state index in [9.17, 15) is 34.0 Å². The lowest BCUT2D eigenvalue weighted by Crippen LogP contribution is -2.29. The van der Waals surface area contributed by atoms with Gasteiger partial charge < -0.3 is 4.90 Å². The molecule has 0 amide bonds. The molecule has 0 radical (unpaired) electrons. The number of halogens is 3. The highest BCUT2D eigenvalue weighted by Gasteiger charge is 2.34. The molecule has 0 aliphatic rings. The molecule has 1 rings (SSSR count). The summed E-state index contributed by atoms with van der Waals surface area (Å²) >= 11 is 0. The maximum Gasteiger partial charge on any atom is 0.416 e. The van der Waals surface area contributed by atoms with E-state index in [0.717, 1.165) is 6.42 Å². The highest BCUT2D eigenvalue weighted by Crippen LogP contribution is 2.43. The molecule has 0 aromatic heterocycles. The molecule has 0 aliphatic carbocycles. The minimum atomic E-state index is -4.80. The Balaban J connectivity index is 3.57. The van der Waals surface area contributed by atoms with Crippen molar-refractivity contribution in [3.8, 4) is 0 Å². The van der Waals surface area contributed by atoms with Gasteiger partial charge >= 0.3 is 6.18 Å². The first-order valence-electron chi connectivity index (χ1n) is 6.99. The summed E-state index contributed by atoms with van der Waals surface area (Å²) in [4.78, 5) is 1.52. The van der Waals surface area contributed by atoms with Crippen LogP contribution in [0, 0.1) is 0 Å². The molecular formula is C13H20F3N3O4. The largest absolute Gasteiger partial charge is 0.416 e. The van der Waals surface area contributed by atoms with Crippen LogP contribution in [0.15, 0.2) is 12.1 Å². The molecule has 132 valence electrons. The molecule has 0 fully saturated rings. The van der Waals surface area contributed by atoms with E-state index < -0.39 is 33.6 Å². The lowest BCUT2D eigenvalue weighted by atomic mass is 10.1. The monoisotopic (exact) mass is 339 g/mol. The first-order chi connectivity index (χ1) is 10.6. The third-order valence-electron chi connectivity index (χ3n) is 3.31.